The van der Waals surface area contributed by atoms with E-state index in [9.17, 15) is 8.42 Å². The lowest BCUT2D eigenvalue weighted by molar-refractivity contribution is 0.389. The topological polar surface area (TPSA) is 40.6 Å². The number of sulfone groups is 1. The number of thiocarbonyl (C=S) groups is 1. The molecule has 2 saturated heterocycles. The van der Waals surface area contributed by atoms with Gasteiger partial charge in [-0.05, 0) is 36.5 Å². The number of benzene rings is 1. The minimum Gasteiger partial charge on any atom is -0.339 e. The molecule has 0 aliphatic carbocycles. The van der Waals surface area contributed by atoms with Crippen molar-refractivity contribution in [3.05, 3.63) is 41.9 Å². The Morgan fingerprint density at radius 2 is 1.90 bits per heavy atom. The second kappa shape index (κ2) is 5.26. The third-order valence-corrected chi connectivity index (χ3v) is 6.29. The van der Waals surface area contributed by atoms with Crippen LogP contribution in [-0.4, -0.2) is 48.6 Å². The fraction of sp³-hybridized carbons (Fsp3) is 0.357. The van der Waals surface area contributed by atoms with Crippen LogP contribution in [0.3, 0.4) is 0 Å². The molecule has 0 saturated carbocycles. The van der Waals surface area contributed by atoms with E-state index in [1.165, 1.54) is 0 Å². The maximum atomic E-state index is 12.0. The van der Waals surface area contributed by atoms with Gasteiger partial charge >= 0.3 is 0 Å². The van der Waals surface area contributed by atoms with Crippen molar-refractivity contribution < 1.29 is 8.42 Å². The van der Waals surface area contributed by atoms with Crippen molar-refractivity contribution in [2.45, 2.75) is 12.1 Å². The van der Waals surface area contributed by atoms with Gasteiger partial charge in [0.25, 0.3) is 0 Å². The molecule has 112 valence electrons. The molecule has 0 spiro atoms. The predicted molar refractivity (Wildman–Crippen MR) is 89.7 cm³/mol. The number of anilines is 1. The SMILES string of the molecule is C=CCN1C(=S)N(c2ccc(Cl)cc2)C2CS(=O)(=O)CC21. The van der Waals surface area contributed by atoms with E-state index in [0.29, 0.717) is 16.7 Å². The van der Waals surface area contributed by atoms with Gasteiger partial charge in [0, 0.05) is 17.3 Å². The highest BCUT2D eigenvalue weighted by molar-refractivity contribution is 7.91. The van der Waals surface area contributed by atoms with E-state index in [2.05, 4.69) is 6.58 Å². The molecule has 1 aromatic carbocycles. The number of nitrogens with zero attached hydrogens (tertiary/aromatic N) is 2. The first-order valence-electron chi connectivity index (χ1n) is 6.59. The Balaban J connectivity index is 2.01. The van der Waals surface area contributed by atoms with E-state index in [4.69, 9.17) is 23.8 Å². The van der Waals surface area contributed by atoms with E-state index in [0.717, 1.165) is 5.69 Å². The zero-order valence-corrected chi connectivity index (χ0v) is 13.7. The third kappa shape index (κ3) is 2.56. The van der Waals surface area contributed by atoms with Crippen molar-refractivity contribution in [3.8, 4) is 0 Å². The highest BCUT2D eigenvalue weighted by Gasteiger charge is 2.51. The summed E-state index contributed by atoms with van der Waals surface area (Å²) in [5, 5.41) is 1.30. The van der Waals surface area contributed by atoms with Crippen LogP contribution < -0.4 is 4.90 Å². The number of hydrogen-bond acceptors (Lipinski definition) is 3. The monoisotopic (exact) mass is 342 g/mol. The van der Waals surface area contributed by atoms with Gasteiger partial charge in [-0.1, -0.05) is 17.7 Å². The van der Waals surface area contributed by atoms with Crippen LogP contribution in [0.1, 0.15) is 0 Å². The Labute approximate surface area is 134 Å². The van der Waals surface area contributed by atoms with E-state index >= 15 is 0 Å². The number of halogens is 1. The van der Waals surface area contributed by atoms with Gasteiger partial charge in [0.05, 0.1) is 23.6 Å². The van der Waals surface area contributed by atoms with Crippen LogP contribution in [0, 0.1) is 0 Å². The summed E-state index contributed by atoms with van der Waals surface area (Å²) < 4.78 is 24.0. The molecule has 0 bridgehead atoms. The quantitative estimate of drug-likeness (QED) is 0.621. The zero-order valence-electron chi connectivity index (χ0n) is 11.3. The van der Waals surface area contributed by atoms with Crippen LogP contribution in [0.25, 0.3) is 0 Å². The van der Waals surface area contributed by atoms with Crippen LogP contribution in [-0.2, 0) is 9.84 Å². The average Bonchev–Trinajstić information content (AvgIpc) is 2.84. The molecule has 2 atom stereocenters. The summed E-state index contributed by atoms with van der Waals surface area (Å²) >= 11 is 11.5. The van der Waals surface area contributed by atoms with Crippen LogP contribution in [0.15, 0.2) is 36.9 Å². The molecule has 4 nitrogen and oxygen atoms in total. The van der Waals surface area contributed by atoms with E-state index < -0.39 is 9.84 Å². The van der Waals surface area contributed by atoms with Crippen molar-refractivity contribution in [3.63, 3.8) is 0 Å². The summed E-state index contributed by atoms with van der Waals surface area (Å²) in [5.41, 5.74) is 0.878. The maximum absolute atomic E-state index is 12.0. The minimum atomic E-state index is -3.03. The lowest BCUT2D eigenvalue weighted by Crippen LogP contribution is -2.37. The standard InChI is InChI=1S/C14H15ClN2O2S2/c1-2-7-16-12-8-21(18,19)9-13(12)17(14(16)20)11-5-3-10(15)4-6-11/h2-6,12-13H,1,7-9H2. The Morgan fingerprint density at radius 3 is 2.52 bits per heavy atom. The van der Waals surface area contributed by atoms with Gasteiger partial charge in [0.15, 0.2) is 14.9 Å². The van der Waals surface area contributed by atoms with Crippen molar-refractivity contribution in [2.75, 3.05) is 23.0 Å². The molecule has 0 amide bonds. The van der Waals surface area contributed by atoms with Crippen LogP contribution in [0.2, 0.25) is 5.02 Å². The van der Waals surface area contributed by atoms with E-state index in [1.807, 2.05) is 21.9 Å². The molecular formula is C14H15ClN2O2S2. The Morgan fingerprint density at radius 1 is 1.29 bits per heavy atom. The third-order valence-electron chi connectivity index (χ3n) is 3.91. The largest absolute Gasteiger partial charge is 0.339 e. The first kappa shape index (κ1) is 14.8. The van der Waals surface area contributed by atoms with Crippen LogP contribution in [0.5, 0.6) is 0 Å². The summed E-state index contributed by atoms with van der Waals surface area (Å²) in [6, 6.07) is 7.07. The van der Waals surface area contributed by atoms with Crippen molar-refractivity contribution in [2.24, 2.45) is 0 Å². The summed E-state index contributed by atoms with van der Waals surface area (Å²) in [6.45, 7) is 4.29. The lowest BCUT2D eigenvalue weighted by atomic mass is 10.1. The Bertz CT molecular complexity index is 687. The van der Waals surface area contributed by atoms with Gasteiger partial charge in [0.2, 0.25) is 0 Å². The molecule has 2 aliphatic heterocycles. The van der Waals surface area contributed by atoms with Gasteiger partial charge in [-0.25, -0.2) is 8.42 Å². The number of hydrogen-bond donors (Lipinski definition) is 0. The fourth-order valence-electron chi connectivity index (χ4n) is 3.03. The molecule has 1 aromatic rings. The second-order valence-corrected chi connectivity index (χ2v) is 8.24. The zero-order chi connectivity index (χ0) is 15.2. The first-order valence-corrected chi connectivity index (χ1v) is 9.20. The van der Waals surface area contributed by atoms with Crippen molar-refractivity contribution >= 4 is 44.5 Å². The highest BCUT2D eigenvalue weighted by atomic mass is 35.5. The Hall–Kier alpha value is -1.11. The smallest absolute Gasteiger partial charge is 0.177 e. The molecule has 7 heteroatoms. The van der Waals surface area contributed by atoms with E-state index in [-0.39, 0.29) is 23.6 Å². The second-order valence-electron chi connectivity index (χ2n) is 5.28. The van der Waals surface area contributed by atoms with Crippen molar-refractivity contribution in [1.29, 1.82) is 0 Å². The summed E-state index contributed by atoms with van der Waals surface area (Å²) in [4.78, 5) is 3.89. The molecule has 2 fully saturated rings. The summed E-state index contributed by atoms with van der Waals surface area (Å²) in [5.74, 6) is 0.282. The maximum Gasteiger partial charge on any atom is 0.177 e. The summed E-state index contributed by atoms with van der Waals surface area (Å²) in [6.07, 6.45) is 1.75. The molecule has 21 heavy (non-hydrogen) atoms. The highest BCUT2D eigenvalue weighted by Crippen LogP contribution is 2.35. The fourth-order valence-corrected chi connectivity index (χ4v) is 5.56. The number of fused-ring (bicyclic) bond motifs is 1. The predicted octanol–water partition coefficient (Wildman–Crippen LogP) is 2.10. The van der Waals surface area contributed by atoms with Crippen LogP contribution in [0.4, 0.5) is 5.69 Å². The van der Waals surface area contributed by atoms with Gasteiger partial charge in [-0.2, -0.15) is 0 Å². The normalized spacial score (nSPS) is 27.0. The van der Waals surface area contributed by atoms with Gasteiger partial charge < -0.3 is 9.80 Å². The van der Waals surface area contributed by atoms with Crippen molar-refractivity contribution in [1.82, 2.24) is 4.90 Å². The van der Waals surface area contributed by atoms with Gasteiger partial charge in [0.1, 0.15) is 0 Å². The lowest BCUT2D eigenvalue weighted by Gasteiger charge is -2.24. The van der Waals surface area contributed by atoms with Gasteiger partial charge in [-0.15, -0.1) is 6.58 Å². The molecule has 2 heterocycles. The molecule has 0 N–H and O–H groups in total. The number of rotatable bonds is 3. The van der Waals surface area contributed by atoms with Gasteiger partial charge in [-0.3, -0.25) is 0 Å². The first-order chi connectivity index (χ1) is 9.93. The molecular weight excluding hydrogens is 328 g/mol. The molecule has 0 aromatic heterocycles. The molecule has 3 rings (SSSR count). The molecule has 2 unspecified atom stereocenters. The Kier molecular flexibility index (Phi) is 3.71. The van der Waals surface area contributed by atoms with E-state index in [1.54, 1.807) is 18.2 Å². The molecule has 2 aliphatic rings. The summed E-state index contributed by atoms with van der Waals surface area (Å²) in [7, 11) is -3.03. The molecule has 0 radical (unpaired) electrons. The van der Waals surface area contributed by atoms with Crippen LogP contribution >= 0.6 is 23.8 Å². The average molecular weight is 343 g/mol. The minimum absolute atomic E-state index is 0.101.